The van der Waals surface area contributed by atoms with E-state index in [9.17, 15) is 14.0 Å². The van der Waals surface area contributed by atoms with Crippen molar-refractivity contribution in [2.24, 2.45) is 5.92 Å². The van der Waals surface area contributed by atoms with Gasteiger partial charge in [-0.25, -0.2) is 4.39 Å². The minimum absolute atomic E-state index is 0.0257. The Kier molecular flexibility index (Phi) is 5.17. The molecule has 1 heterocycles. The SMILES string of the molecule is CCCCC(=O)N1CCN(C(=O)C2CC2c2ccc(F)cc2)CC1. The topological polar surface area (TPSA) is 40.6 Å². The van der Waals surface area contributed by atoms with Crippen LogP contribution in [0.25, 0.3) is 0 Å². The molecule has 2 amide bonds. The normalized spacial score (nSPS) is 23.2. The van der Waals surface area contributed by atoms with Crippen LogP contribution in [0.3, 0.4) is 0 Å². The Hall–Kier alpha value is -1.91. The summed E-state index contributed by atoms with van der Waals surface area (Å²) in [6.45, 7) is 4.62. The fourth-order valence-electron chi connectivity index (χ4n) is 3.44. The summed E-state index contributed by atoms with van der Waals surface area (Å²) in [6.07, 6.45) is 3.41. The number of piperazine rings is 1. The molecule has 1 aliphatic carbocycles. The molecule has 0 spiro atoms. The van der Waals surface area contributed by atoms with Crippen LogP contribution >= 0.6 is 0 Å². The highest BCUT2D eigenvalue weighted by Crippen LogP contribution is 2.48. The van der Waals surface area contributed by atoms with Crippen LogP contribution in [-0.2, 0) is 9.59 Å². The standard InChI is InChI=1S/C19H25FN2O2/c1-2-3-4-18(23)21-9-11-22(12-10-21)19(24)17-13-16(17)14-5-7-15(20)8-6-14/h5-8,16-17H,2-4,9-13H2,1H3. The molecule has 4 nitrogen and oxygen atoms in total. The van der Waals surface area contributed by atoms with Gasteiger partial charge in [0.2, 0.25) is 11.8 Å². The molecule has 24 heavy (non-hydrogen) atoms. The lowest BCUT2D eigenvalue weighted by molar-refractivity contribution is -0.140. The van der Waals surface area contributed by atoms with Crippen molar-refractivity contribution in [3.8, 4) is 0 Å². The maximum absolute atomic E-state index is 13.0. The van der Waals surface area contributed by atoms with Crippen LogP contribution in [0.4, 0.5) is 4.39 Å². The van der Waals surface area contributed by atoms with E-state index in [2.05, 4.69) is 6.92 Å². The Morgan fingerprint density at radius 3 is 2.33 bits per heavy atom. The van der Waals surface area contributed by atoms with E-state index in [1.54, 1.807) is 12.1 Å². The Morgan fingerprint density at radius 1 is 1.08 bits per heavy atom. The molecule has 1 aromatic carbocycles. The molecule has 1 saturated heterocycles. The molecule has 2 atom stereocenters. The van der Waals surface area contributed by atoms with Gasteiger partial charge in [-0.2, -0.15) is 0 Å². The van der Waals surface area contributed by atoms with Crippen molar-refractivity contribution in [2.75, 3.05) is 26.2 Å². The lowest BCUT2D eigenvalue weighted by Crippen LogP contribution is -2.51. The fraction of sp³-hybridized carbons (Fsp3) is 0.579. The zero-order chi connectivity index (χ0) is 17.1. The van der Waals surface area contributed by atoms with Gasteiger partial charge in [-0.05, 0) is 36.5 Å². The zero-order valence-corrected chi connectivity index (χ0v) is 14.2. The second-order valence-electron chi connectivity index (χ2n) is 6.81. The van der Waals surface area contributed by atoms with E-state index >= 15 is 0 Å². The lowest BCUT2D eigenvalue weighted by Gasteiger charge is -2.35. The Labute approximate surface area is 142 Å². The molecule has 0 aromatic heterocycles. The number of hydrogen-bond donors (Lipinski definition) is 0. The summed E-state index contributed by atoms with van der Waals surface area (Å²) < 4.78 is 13.0. The maximum Gasteiger partial charge on any atom is 0.226 e. The summed E-state index contributed by atoms with van der Waals surface area (Å²) in [5.74, 6) is 0.399. The van der Waals surface area contributed by atoms with Crippen LogP contribution in [0.5, 0.6) is 0 Å². The molecule has 130 valence electrons. The highest BCUT2D eigenvalue weighted by Gasteiger charge is 2.46. The molecule has 0 N–H and O–H groups in total. The summed E-state index contributed by atoms with van der Waals surface area (Å²) in [4.78, 5) is 28.4. The van der Waals surface area contributed by atoms with E-state index in [0.717, 1.165) is 24.8 Å². The summed E-state index contributed by atoms with van der Waals surface area (Å²) in [6, 6.07) is 6.46. The molecule has 0 radical (unpaired) electrons. The zero-order valence-electron chi connectivity index (χ0n) is 14.2. The molecular weight excluding hydrogens is 307 g/mol. The van der Waals surface area contributed by atoms with Crippen molar-refractivity contribution in [1.29, 1.82) is 0 Å². The van der Waals surface area contributed by atoms with Crippen LogP contribution < -0.4 is 0 Å². The minimum atomic E-state index is -0.244. The van der Waals surface area contributed by atoms with Gasteiger partial charge < -0.3 is 9.80 Å². The first kappa shape index (κ1) is 16.9. The smallest absolute Gasteiger partial charge is 0.226 e. The van der Waals surface area contributed by atoms with E-state index in [4.69, 9.17) is 0 Å². The van der Waals surface area contributed by atoms with Crippen LogP contribution in [0.2, 0.25) is 0 Å². The van der Waals surface area contributed by atoms with Crippen LogP contribution in [0.15, 0.2) is 24.3 Å². The number of amides is 2. The first-order chi connectivity index (χ1) is 11.6. The number of hydrogen-bond acceptors (Lipinski definition) is 2. The monoisotopic (exact) mass is 332 g/mol. The predicted octanol–water partition coefficient (Wildman–Crippen LogP) is 2.79. The average Bonchev–Trinajstić information content (AvgIpc) is 3.40. The summed E-state index contributed by atoms with van der Waals surface area (Å²) in [5.41, 5.74) is 1.04. The molecule has 2 fully saturated rings. The third-order valence-corrected chi connectivity index (χ3v) is 5.09. The highest BCUT2D eigenvalue weighted by molar-refractivity contribution is 5.83. The minimum Gasteiger partial charge on any atom is -0.339 e. The van der Waals surface area contributed by atoms with Gasteiger partial charge in [-0.3, -0.25) is 9.59 Å². The third kappa shape index (κ3) is 3.77. The Morgan fingerprint density at radius 2 is 1.71 bits per heavy atom. The van der Waals surface area contributed by atoms with Gasteiger partial charge in [0.05, 0.1) is 0 Å². The molecule has 3 rings (SSSR count). The molecule has 5 heteroatoms. The van der Waals surface area contributed by atoms with Gasteiger partial charge in [-0.15, -0.1) is 0 Å². The Bertz CT molecular complexity index is 594. The number of nitrogens with zero attached hydrogens (tertiary/aromatic N) is 2. The maximum atomic E-state index is 13.0. The third-order valence-electron chi connectivity index (χ3n) is 5.09. The van der Waals surface area contributed by atoms with Gasteiger partial charge in [0.1, 0.15) is 5.82 Å². The van der Waals surface area contributed by atoms with E-state index in [1.807, 2.05) is 9.80 Å². The number of unbranched alkanes of at least 4 members (excludes halogenated alkanes) is 1. The first-order valence-corrected chi connectivity index (χ1v) is 8.92. The van der Waals surface area contributed by atoms with Crippen molar-refractivity contribution in [3.63, 3.8) is 0 Å². The van der Waals surface area contributed by atoms with Gasteiger partial charge in [0.15, 0.2) is 0 Å². The first-order valence-electron chi connectivity index (χ1n) is 8.92. The Balaban J connectivity index is 1.48. The van der Waals surface area contributed by atoms with E-state index < -0.39 is 0 Å². The molecular formula is C19H25FN2O2. The van der Waals surface area contributed by atoms with Crippen molar-refractivity contribution in [2.45, 2.75) is 38.5 Å². The largest absolute Gasteiger partial charge is 0.339 e. The van der Waals surface area contributed by atoms with E-state index in [0.29, 0.717) is 32.6 Å². The molecule has 1 aromatic rings. The van der Waals surface area contributed by atoms with E-state index in [-0.39, 0.29) is 29.5 Å². The van der Waals surface area contributed by atoms with Crippen molar-refractivity contribution in [1.82, 2.24) is 9.80 Å². The van der Waals surface area contributed by atoms with Gasteiger partial charge in [0.25, 0.3) is 0 Å². The second kappa shape index (κ2) is 7.32. The van der Waals surface area contributed by atoms with Gasteiger partial charge in [0, 0.05) is 38.5 Å². The highest BCUT2D eigenvalue weighted by atomic mass is 19.1. The van der Waals surface area contributed by atoms with Crippen LogP contribution in [0, 0.1) is 11.7 Å². The quantitative estimate of drug-likeness (QED) is 0.832. The van der Waals surface area contributed by atoms with Crippen LogP contribution in [0.1, 0.15) is 44.1 Å². The molecule has 0 bridgehead atoms. The predicted molar refractivity (Wildman–Crippen MR) is 89.9 cm³/mol. The summed E-state index contributed by atoms with van der Waals surface area (Å²) in [5, 5.41) is 0. The number of rotatable bonds is 5. The van der Waals surface area contributed by atoms with Crippen LogP contribution in [-0.4, -0.2) is 47.8 Å². The summed E-state index contributed by atoms with van der Waals surface area (Å²) >= 11 is 0. The van der Waals surface area contributed by atoms with Gasteiger partial charge >= 0.3 is 0 Å². The molecule has 2 aliphatic rings. The molecule has 1 aliphatic heterocycles. The number of carbonyl (C=O) groups is 2. The molecule has 2 unspecified atom stereocenters. The summed E-state index contributed by atoms with van der Waals surface area (Å²) in [7, 11) is 0. The van der Waals surface area contributed by atoms with Crippen molar-refractivity contribution in [3.05, 3.63) is 35.6 Å². The number of benzene rings is 1. The fourth-order valence-corrected chi connectivity index (χ4v) is 3.44. The number of carbonyl (C=O) groups excluding carboxylic acids is 2. The van der Waals surface area contributed by atoms with Crippen molar-refractivity contribution < 1.29 is 14.0 Å². The molecule has 1 saturated carbocycles. The lowest BCUT2D eigenvalue weighted by atomic mass is 10.1. The van der Waals surface area contributed by atoms with Crippen molar-refractivity contribution >= 4 is 11.8 Å². The second-order valence-corrected chi connectivity index (χ2v) is 6.81. The number of halogens is 1. The van der Waals surface area contributed by atoms with E-state index in [1.165, 1.54) is 12.1 Å². The average molecular weight is 332 g/mol. The van der Waals surface area contributed by atoms with Gasteiger partial charge in [-0.1, -0.05) is 25.5 Å².